The van der Waals surface area contributed by atoms with Gasteiger partial charge in [-0.25, -0.2) is 0 Å². The molecule has 0 spiro atoms. The fourth-order valence-corrected chi connectivity index (χ4v) is 3.48. The molecular formula is C12H6I2. The molecule has 0 aliphatic heterocycles. The highest BCUT2D eigenvalue weighted by molar-refractivity contribution is 14.1. The molecule has 0 N–H and O–H groups in total. The minimum absolute atomic E-state index is 1.36. The van der Waals surface area contributed by atoms with E-state index in [0.717, 1.165) is 0 Å². The van der Waals surface area contributed by atoms with Crippen LogP contribution in [0.5, 0.6) is 0 Å². The van der Waals surface area contributed by atoms with Crippen LogP contribution >= 0.6 is 45.2 Å². The zero-order valence-corrected chi connectivity index (χ0v) is 11.5. The molecule has 3 rings (SSSR count). The summed E-state index contributed by atoms with van der Waals surface area (Å²) in [6.45, 7) is 0. The summed E-state index contributed by atoms with van der Waals surface area (Å²) in [7, 11) is 0. The van der Waals surface area contributed by atoms with Crippen LogP contribution in [0.1, 0.15) is 0 Å². The van der Waals surface area contributed by atoms with Crippen molar-refractivity contribution in [3.05, 3.63) is 64.4 Å². The zero-order chi connectivity index (χ0) is 9.71. The first-order valence-electron chi connectivity index (χ1n) is 4.37. The monoisotopic (exact) mass is 404 g/mol. The highest BCUT2D eigenvalue weighted by Crippen LogP contribution is 2.21. The third-order valence-corrected chi connectivity index (χ3v) is 4.37. The second-order valence-electron chi connectivity index (χ2n) is 3.32. The van der Waals surface area contributed by atoms with Crippen LogP contribution in [0.4, 0.5) is 0 Å². The fourth-order valence-electron chi connectivity index (χ4n) is 1.94. The molecule has 2 heteroatoms. The predicted octanol–water partition coefficient (Wildman–Crippen LogP) is 3.78. The minimum atomic E-state index is 1.36. The first kappa shape index (κ1) is 9.15. The molecule has 68 valence electrons. The Bertz CT molecular complexity index is 641. The Morgan fingerprint density at radius 3 is 1.50 bits per heavy atom. The van der Waals surface area contributed by atoms with Crippen LogP contribution in [0.25, 0.3) is 0 Å². The lowest BCUT2D eigenvalue weighted by Crippen LogP contribution is -1.95. The summed E-state index contributed by atoms with van der Waals surface area (Å²) >= 11 is 4.82. The Labute approximate surface area is 109 Å². The number of fused-ring (bicyclic) bond motifs is 2. The maximum absolute atomic E-state index is 2.41. The quantitative estimate of drug-likeness (QED) is 0.501. The van der Waals surface area contributed by atoms with Gasteiger partial charge in [0, 0.05) is 17.6 Å². The lowest BCUT2D eigenvalue weighted by atomic mass is 10.0. The summed E-state index contributed by atoms with van der Waals surface area (Å²) in [6, 6.07) is 13.0. The van der Waals surface area contributed by atoms with Gasteiger partial charge in [0.25, 0.3) is 0 Å². The molecule has 0 unspecified atom stereocenters. The van der Waals surface area contributed by atoms with Crippen molar-refractivity contribution in [3.8, 4) is 0 Å². The molecule has 0 radical (unpaired) electrons. The maximum Gasteiger partial charge on any atom is 0.0215 e. The van der Waals surface area contributed by atoms with Gasteiger partial charge in [0.05, 0.1) is 0 Å². The van der Waals surface area contributed by atoms with Crippen molar-refractivity contribution < 1.29 is 0 Å². The predicted molar refractivity (Wildman–Crippen MR) is 73.7 cm³/mol. The Morgan fingerprint density at radius 2 is 1.07 bits per heavy atom. The number of hydrogen-bond donors (Lipinski definition) is 0. The molecule has 0 aromatic heterocycles. The first-order valence-corrected chi connectivity index (χ1v) is 6.52. The van der Waals surface area contributed by atoms with Gasteiger partial charge in [-0.2, -0.15) is 0 Å². The highest BCUT2D eigenvalue weighted by Gasteiger charge is 2.06. The number of benzene rings is 2. The van der Waals surface area contributed by atoms with Crippen molar-refractivity contribution in [3.63, 3.8) is 0 Å². The van der Waals surface area contributed by atoms with Crippen molar-refractivity contribution >= 4 is 45.2 Å². The summed E-state index contributed by atoms with van der Waals surface area (Å²) in [5, 5.41) is 5.69. The van der Waals surface area contributed by atoms with Crippen LogP contribution in [0.3, 0.4) is 0 Å². The van der Waals surface area contributed by atoms with Crippen LogP contribution in [0.2, 0.25) is 0 Å². The largest absolute Gasteiger partial charge is 0.0606 e. The van der Waals surface area contributed by atoms with E-state index in [0.29, 0.717) is 0 Å². The molecule has 0 saturated carbocycles. The lowest BCUT2D eigenvalue weighted by Gasteiger charge is -2.07. The van der Waals surface area contributed by atoms with Gasteiger partial charge in [0.15, 0.2) is 0 Å². The molecule has 0 atom stereocenters. The molecule has 1 aliphatic carbocycles. The molecule has 14 heavy (non-hydrogen) atoms. The van der Waals surface area contributed by atoms with Crippen LogP contribution in [0.15, 0.2) is 36.4 Å². The summed E-state index contributed by atoms with van der Waals surface area (Å²) in [4.78, 5) is 0. The van der Waals surface area contributed by atoms with Gasteiger partial charge in [0.1, 0.15) is 0 Å². The van der Waals surface area contributed by atoms with E-state index in [4.69, 9.17) is 0 Å². The SMILES string of the molecule is Ic1cccc2c1=c1c(I)cccc1=2. The number of rotatable bonds is 0. The van der Waals surface area contributed by atoms with Crippen molar-refractivity contribution in [1.82, 2.24) is 0 Å². The van der Waals surface area contributed by atoms with Crippen molar-refractivity contribution in [2.24, 2.45) is 0 Å². The molecule has 1 aliphatic rings. The van der Waals surface area contributed by atoms with Gasteiger partial charge < -0.3 is 0 Å². The molecule has 0 heterocycles. The Hall–Kier alpha value is -0.100. The second-order valence-corrected chi connectivity index (χ2v) is 5.65. The Kier molecular flexibility index (Phi) is 2.09. The third-order valence-electron chi connectivity index (χ3n) is 2.57. The highest BCUT2D eigenvalue weighted by atomic mass is 127. The van der Waals surface area contributed by atoms with Crippen LogP contribution in [0, 0.1) is 28.0 Å². The van der Waals surface area contributed by atoms with Gasteiger partial charge >= 0.3 is 0 Å². The average Bonchev–Trinajstić information content (AvgIpc) is 2.14. The van der Waals surface area contributed by atoms with E-state index in [1.54, 1.807) is 0 Å². The molecule has 2 aromatic rings. The average molecular weight is 404 g/mol. The molecule has 0 nitrogen and oxygen atoms in total. The molecule has 0 amide bonds. The molecule has 0 saturated heterocycles. The van der Waals surface area contributed by atoms with Crippen molar-refractivity contribution in [2.75, 3.05) is 0 Å². The van der Waals surface area contributed by atoms with E-state index < -0.39 is 0 Å². The standard InChI is InChI=1S/C12H6I2/c13-9-5-1-3-7-8-4-2-6-10(14)12(8)11(7)9/h1-6H. The molecule has 2 aromatic carbocycles. The van der Waals surface area contributed by atoms with E-state index in [9.17, 15) is 0 Å². The van der Waals surface area contributed by atoms with E-state index in [1.165, 1.54) is 28.0 Å². The van der Waals surface area contributed by atoms with Gasteiger partial charge in [-0.3, -0.25) is 0 Å². The summed E-state index contributed by atoms with van der Waals surface area (Å²) in [5.74, 6) is 0. The smallest absolute Gasteiger partial charge is 0.0215 e. The number of halogens is 2. The molecule has 0 bridgehead atoms. The first-order chi connectivity index (χ1) is 6.79. The maximum atomic E-state index is 2.41. The van der Waals surface area contributed by atoms with Crippen molar-refractivity contribution in [1.29, 1.82) is 0 Å². The van der Waals surface area contributed by atoms with E-state index >= 15 is 0 Å². The normalized spacial score (nSPS) is 11.6. The van der Waals surface area contributed by atoms with E-state index in [1.807, 2.05) is 0 Å². The van der Waals surface area contributed by atoms with Gasteiger partial charge in [-0.05, 0) is 67.8 Å². The fraction of sp³-hybridized carbons (Fsp3) is 0. The summed E-state index contributed by atoms with van der Waals surface area (Å²) in [6.07, 6.45) is 0. The summed E-state index contributed by atoms with van der Waals surface area (Å²) < 4.78 is 2.72. The van der Waals surface area contributed by atoms with Gasteiger partial charge in [-0.15, -0.1) is 0 Å². The topological polar surface area (TPSA) is 0 Å². The van der Waals surface area contributed by atoms with Gasteiger partial charge in [0.2, 0.25) is 0 Å². The van der Waals surface area contributed by atoms with E-state index in [-0.39, 0.29) is 0 Å². The minimum Gasteiger partial charge on any atom is -0.0606 e. The van der Waals surface area contributed by atoms with Crippen LogP contribution < -0.4 is 0 Å². The van der Waals surface area contributed by atoms with E-state index in [2.05, 4.69) is 81.6 Å². The Balaban J connectivity index is 2.73. The second kappa shape index (κ2) is 3.20. The third kappa shape index (κ3) is 1.10. The lowest BCUT2D eigenvalue weighted by molar-refractivity contribution is 1.25. The zero-order valence-electron chi connectivity index (χ0n) is 7.22. The van der Waals surface area contributed by atoms with Crippen molar-refractivity contribution in [2.45, 2.75) is 0 Å². The number of hydrogen-bond acceptors (Lipinski definition) is 0. The van der Waals surface area contributed by atoms with Gasteiger partial charge in [-0.1, -0.05) is 24.3 Å². The molecular weight excluding hydrogens is 398 g/mol. The molecule has 0 fully saturated rings. The summed E-state index contributed by atoms with van der Waals surface area (Å²) in [5.41, 5.74) is 0. The van der Waals surface area contributed by atoms with Crippen LogP contribution in [-0.4, -0.2) is 0 Å². The Morgan fingerprint density at radius 1 is 0.643 bits per heavy atom. The van der Waals surface area contributed by atoms with Crippen LogP contribution in [-0.2, 0) is 0 Å².